The fraction of sp³-hybridized carbons (Fsp3) is 0.417. The average molecular weight is 283 g/mol. The van der Waals surface area contributed by atoms with Gasteiger partial charge in [-0.05, 0) is 24.1 Å². The smallest absolute Gasteiger partial charge is 0.242 e. The lowest BCUT2D eigenvalue weighted by Gasteiger charge is -2.20. The number of nitrogens with two attached hydrogens (primary N) is 1. The second-order valence-electron chi connectivity index (χ2n) is 4.52. The van der Waals surface area contributed by atoms with Gasteiger partial charge in [0.25, 0.3) is 0 Å². The van der Waals surface area contributed by atoms with Crippen LogP contribution >= 0.6 is 0 Å². The Morgan fingerprint density at radius 2 is 2.11 bits per heavy atom. The second kappa shape index (κ2) is 6.02. The molecule has 1 atom stereocenters. The molecule has 4 N–H and O–H groups in total. The summed E-state index contributed by atoms with van der Waals surface area (Å²) in [6.07, 6.45) is 0. The number of aliphatic hydroxyl groups is 1. The van der Waals surface area contributed by atoms with Crippen LogP contribution in [0.15, 0.2) is 23.1 Å². The summed E-state index contributed by atoms with van der Waals surface area (Å²) in [4.78, 5) is -0.0920. The van der Waals surface area contributed by atoms with Gasteiger partial charge in [-0.1, -0.05) is 13.8 Å². The van der Waals surface area contributed by atoms with E-state index in [1.165, 1.54) is 18.2 Å². The number of sulfonamides is 1. The highest BCUT2D eigenvalue weighted by Crippen LogP contribution is 2.20. The topological polar surface area (TPSA) is 116 Å². The fourth-order valence-electron chi connectivity index (χ4n) is 1.51. The second-order valence-corrected chi connectivity index (χ2v) is 6.20. The van der Waals surface area contributed by atoms with Crippen molar-refractivity contribution in [1.29, 1.82) is 5.26 Å². The predicted octanol–water partition coefficient (Wildman–Crippen LogP) is 0.436. The van der Waals surface area contributed by atoms with Crippen molar-refractivity contribution in [2.24, 2.45) is 5.92 Å². The van der Waals surface area contributed by atoms with Crippen LogP contribution in [0, 0.1) is 17.2 Å². The molecule has 0 heterocycles. The Kier molecular flexibility index (Phi) is 4.89. The number of nitrogens with one attached hydrogen (secondary N) is 1. The predicted molar refractivity (Wildman–Crippen MR) is 71.6 cm³/mol. The molecule has 0 saturated heterocycles. The van der Waals surface area contributed by atoms with Gasteiger partial charge in [0.2, 0.25) is 10.0 Å². The largest absolute Gasteiger partial charge is 0.398 e. The molecule has 104 valence electrons. The summed E-state index contributed by atoms with van der Waals surface area (Å²) >= 11 is 0. The number of hydrogen-bond acceptors (Lipinski definition) is 5. The SMILES string of the molecule is CC(C)C(CO)NS(=O)(=O)c1ccc(C#N)cc1N. The van der Waals surface area contributed by atoms with E-state index < -0.39 is 16.1 Å². The van der Waals surface area contributed by atoms with E-state index in [4.69, 9.17) is 16.1 Å². The first-order valence-electron chi connectivity index (χ1n) is 5.74. The third-order valence-electron chi connectivity index (χ3n) is 2.74. The van der Waals surface area contributed by atoms with Gasteiger partial charge >= 0.3 is 0 Å². The van der Waals surface area contributed by atoms with Gasteiger partial charge in [0.05, 0.1) is 23.9 Å². The Labute approximate surface area is 112 Å². The van der Waals surface area contributed by atoms with Crippen molar-refractivity contribution in [1.82, 2.24) is 4.72 Å². The molecular formula is C12H17N3O3S. The minimum Gasteiger partial charge on any atom is -0.398 e. The lowest BCUT2D eigenvalue weighted by molar-refractivity contribution is 0.227. The van der Waals surface area contributed by atoms with Gasteiger partial charge in [-0.2, -0.15) is 5.26 Å². The molecule has 0 aliphatic heterocycles. The number of nitriles is 1. The van der Waals surface area contributed by atoms with Crippen LogP contribution < -0.4 is 10.5 Å². The highest BCUT2D eigenvalue weighted by Gasteiger charge is 2.23. The Bertz CT molecular complexity index is 591. The van der Waals surface area contributed by atoms with E-state index in [9.17, 15) is 8.42 Å². The summed E-state index contributed by atoms with van der Waals surface area (Å²) in [5.41, 5.74) is 5.94. The van der Waals surface area contributed by atoms with Crippen molar-refractivity contribution in [2.45, 2.75) is 24.8 Å². The van der Waals surface area contributed by atoms with Gasteiger partial charge < -0.3 is 10.8 Å². The third-order valence-corrected chi connectivity index (χ3v) is 4.30. The summed E-state index contributed by atoms with van der Waals surface area (Å²) in [6.45, 7) is 3.30. The lowest BCUT2D eigenvalue weighted by atomic mass is 10.1. The molecule has 0 aromatic heterocycles. The van der Waals surface area contributed by atoms with Gasteiger partial charge in [0.1, 0.15) is 4.90 Å². The normalized spacial score (nSPS) is 13.2. The number of anilines is 1. The molecule has 1 aromatic rings. The van der Waals surface area contributed by atoms with E-state index >= 15 is 0 Å². The molecule has 1 aromatic carbocycles. The summed E-state index contributed by atoms with van der Waals surface area (Å²) in [6, 6.07) is 5.27. The molecule has 0 spiro atoms. The van der Waals surface area contributed by atoms with Gasteiger partial charge in [-0.3, -0.25) is 0 Å². The minimum atomic E-state index is -3.82. The molecule has 1 unspecified atom stereocenters. The van der Waals surface area contributed by atoms with Crippen LogP contribution in [0.1, 0.15) is 19.4 Å². The molecule has 0 aliphatic carbocycles. The highest BCUT2D eigenvalue weighted by molar-refractivity contribution is 7.89. The van der Waals surface area contributed by atoms with E-state index in [-0.39, 0.29) is 23.1 Å². The zero-order valence-electron chi connectivity index (χ0n) is 10.8. The van der Waals surface area contributed by atoms with Crippen LogP contribution in [0.4, 0.5) is 5.69 Å². The van der Waals surface area contributed by atoms with E-state index in [0.29, 0.717) is 5.56 Å². The molecule has 0 radical (unpaired) electrons. The Hall–Kier alpha value is -1.62. The number of nitrogens with zero attached hydrogens (tertiary/aromatic N) is 1. The number of aliphatic hydroxyl groups excluding tert-OH is 1. The van der Waals surface area contributed by atoms with Gasteiger partial charge in [0, 0.05) is 6.04 Å². The van der Waals surface area contributed by atoms with E-state index in [0.717, 1.165) is 0 Å². The van der Waals surface area contributed by atoms with Gasteiger partial charge in [-0.15, -0.1) is 0 Å². The molecule has 6 nitrogen and oxygen atoms in total. The maximum Gasteiger partial charge on any atom is 0.242 e. The first-order chi connectivity index (χ1) is 8.81. The van der Waals surface area contributed by atoms with E-state index in [2.05, 4.69) is 4.72 Å². The van der Waals surface area contributed by atoms with Gasteiger partial charge in [0.15, 0.2) is 0 Å². The van der Waals surface area contributed by atoms with Crippen LogP contribution in [0.25, 0.3) is 0 Å². The molecule has 0 aliphatic rings. The van der Waals surface area contributed by atoms with E-state index in [1.54, 1.807) is 13.8 Å². The Morgan fingerprint density at radius 1 is 1.47 bits per heavy atom. The maximum atomic E-state index is 12.1. The standard InChI is InChI=1S/C12H17N3O3S/c1-8(2)11(7-16)15-19(17,18)12-4-3-9(6-13)5-10(12)14/h3-5,8,11,15-16H,7,14H2,1-2H3. The van der Waals surface area contributed by atoms with Crippen LogP contribution in [0.2, 0.25) is 0 Å². The molecule has 19 heavy (non-hydrogen) atoms. The maximum absolute atomic E-state index is 12.1. The van der Waals surface area contributed by atoms with Crippen LogP contribution in [0.5, 0.6) is 0 Å². The summed E-state index contributed by atoms with van der Waals surface area (Å²) < 4.78 is 26.7. The number of rotatable bonds is 5. The number of benzene rings is 1. The van der Waals surface area contributed by atoms with Crippen molar-refractivity contribution in [3.05, 3.63) is 23.8 Å². The Morgan fingerprint density at radius 3 is 2.53 bits per heavy atom. The highest BCUT2D eigenvalue weighted by atomic mass is 32.2. The third kappa shape index (κ3) is 3.67. The number of hydrogen-bond donors (Lipinski definition) is 3. The van der Waals surface area contributed by atoms with Gasteiger partial charge in [-0.25, -0.2) is 13.1 Å². The van der Waals surface area contributed by atoms with Crippen LogP contribution in [-0.2, 0) is 10.0 Å². The van der Waals surface area contributed by atoms with Crippen LogP contribution in [-0.4, -0.2) is 26.2 Å². The zero-order valence-corrected chi connectivity index (χ0v) is 11.6. The van der Waals surface area contributed by atoms with Crippen molar-refractivity contribution < 1.29 is 13.5 Å². The summed E-state index contributed by atoms with van der Waals surface area (Å²) in [5, 5.41) is 17.9. The fourth-order valence-corrected chi connectivity index (χ4v) is 3.00. The van der Waals surface area contributed by atoms with Crippen molar-refractivity contribution >= 4 is 15.7 Å². The molecule has 7 heteroatoms. The first-order valence-corrected chi connectivity index (χ1v) is 7.23. The molecule has 1 rings (SSSR count). The Balaban J connectivity index is 3.11. The van der Waals surface area contributed by atoms with Crippen LogP contribution in [0.3, 0.4) is 0 Å². The molecule has 0 saturated carbocycles. The van der Waals surface area contributed by atoms with E-state index in [1.807, 2.05) is 6.07 Å². The van der Waals surface area contributed by atoms with Crippen molar-refractivity contribution in [3.63, 3.8) is 0 Å². The average Bonchev–Trinajstić information content (AvgIpc) is 2.35. The number of nitrogen functional groups attached to an aromatic ring is 1. The van der Waals surface area contributed by atoms with Crippen molar-refractivity contribution in [3.8, 4) is 6.07 Å². The van der Waals surface area contributed by atoms with Crippen molar-refractivity contribution in [2.75, 3.05) is 12.3 Å². The molecule has 0 fully saturated rings. The first kappa shape index (κ1) is 15.4. The lowest BCUT2D eigenvalue weighted by Crippen LogP contribution is -2.41. The summed E-state index contributed by atoms with van der Waals surface area (Å²) in [7, 11) is -3.82. The molecular weight excluding hydrogens is 266 g/mol. The minimum absolute atomic E-state index is 0.00648. The molecule has 0 amide bonds. The summed E-state index contributed by atoms with van der Waals surface area (Å²) in [5.74, 6) is -0.0561. The molecule has 0 bridgehead atoms. The quantitative estimate of drug-likeness (QED) is 0.678. The monoisotopic (exact) mass is 283 g/mol. The zero-order chi connectivity index (χ0) is 14.6.